The summed E-state index contributed by atoms with van der Waals surface area (Å²) >= 11 is 0. The summed E-state index contributed by atoms with van der Waals surface area (Å²) in [5.41, 5.74) is 1.40. The van der Waals surface area contributed by atoms with E-state index in [1.807, 2.05) is 12.2 Å². The van der Waals surface area contributed by atoms with Crippen molar-refractivity contribution in [2.75, 3.05) is 0 Å². The molecule has 0 spiro atoms. The van der Waals surface area contributed by atoms with Gasteiger partial charge in [-0.2, -0.15) is 0 Å². The van der Waals surface area contributed by atoms with Crippen LogP contribution in [0.3, 0.4) is 0 Å². The van der Waals surface area contributed by atoms with Gasteiger partial charge < -0.3 is 5.11 Å². The molecule has 0 aromatic carbocycles. The van der Waals surface area contributed by atoms with E-state index in [2.05, 4.69) is 20.8 Å². The maximum absolute atomic E-state index is 9.10. The lowest BCUT2D eigenvalue weighted by Gasteiger charge is -2.18. The number of hydrogen-bond donors (Lipinski definition) is 1. The van der Waals surface area contributed by atoms with E-state index in [9.17, 15) is 0 Å². The number of aliphatic hydroxyl groups is 1. The maximum Gasteiger partial charge on any atom is 0.0911 e. The van der Waals surface area contributed by atoms with Gasteiger partial charge in [-0.15, -0.1) is 0 Å². The van der Waals surface area contributed by atoms with Crippen molar-refractivity contribution in [1.82, 2.24) is 0 Å². The first kappa shape index (κ1) is 7.55. The second kappa shape index (κ2) is 2.24. The summed E-state index contributed by atoms with van der Waals surface area (Å²) in [5, 5.41) is 9.10. The molecular formula is C9H14O. The molecule has 0 heterocycles. The summed E-state index contributed by atoms with van der Waals surface area (Å²) < 4.78 is 0. The molecule has 0 bridgehead atoms. The summed E-state index contributed by atoms with van der Waals surface area (Å²) in [6, 6.07) is 0. The highest BCUT2D eigenvalue weighted by Crippen LogP contribution is 2.29. The minimum atomic E-state index is -0.353. The Morgan fingerprint density at radius 2 is 2.00 bits per heavy atom. The van der Waals surface area contributed by atoms with Crippen molar-refractivity contribution in [2.24, 2.45) is 5.41 Å². The Hall–Kier alpha value is -0.560. The Bertz CT molecular complexity index is 181. The van der Waals surface area contributed by atoms with Gasteiger partial charge >= 0.3 is 0 Å². The van der Waals surface area contributed by atoms with Gasteiger partial charge in [0.25, 0.3) is 0 Å². The van der Waals surface area contributed by atoms with Gasteiger partial charge in [-0.05, 0) is 17.1 Å². The largest absolute Gasteiger partial charge is 0.385 e. The minimum Gasteiger partial charge on any atom is -0.385 e. The van der Waals surface area contributed by atoms with Gasteiger partial charge in [0.05, 0.1) is 6.10 Å². The van der Waals surface area contributed by atoms with Crippen LogP contribution in [0.2, 0.25) is 0 Å². The Labute approximate surface area is 62.1 Å². The molecule has 56 valence electrons. The molecule has 0 fully saturated rings. The van der Waals surface area contributed by atoms with Crippen LogP contribution in [0.15, 0.2) is 23.8 Å². The predicted octanol–water partition coefficient (Wildman–Crippen LogP) is 1.89. The molecule has 1 nitrogen and oxygen atoms in total. The fourth-order valence-corrected chi connectivity index (χ4v) is 0.997. The topological polar surface area (TPSA) is 20.2 Å². The van der Waals surface area contributed by atoms with Gasteiger partial charge in [-0.25, -0.2) is 0 Å². The van der Waals surface area contributed by atoms with E-state index in [1.54, 1.807) is 6.08 Å². The summed E-state index contributed by atoms with van der Waals surface area (Å²) in [6.45, 7) is 6.42. The zero-order chi connectivity index (χ0) is 7.78. The zero-order valence-electron chi connectivity index (χ0n) is 6.76. The predicted molar refractivity (Wildman–Crippen MR) is 42.7 cm³/mol. The molecule has 1 N–H and O–H groups in total. The standard InChI is InChI=1S/C9H14O/c1-9(2,3)7-4-5-8(10)6-7/h4-6,8,10H,1-3H3. The average molecular weight is 138 g/mol. The van der Waals surface area contributed by atoms with Crippen LogP contribution in [-0.2, 0) is 0 Å². The van der Waals surface area contributed by atoms with Gasteiger partial charge in [0.15, 0.2) is 0 Å². The molecule has 0 radical (unpaired) electrons. The molecule has 0 aliphatic heterocycles. The van der Waals surface area contributed by atoms with Gasteiger partial charge in [-0.3, -0.25) is 0 Å². The molecule has 10 heavy (non-hydrogen) atoms. The van der Waals surface area contributed by atoms with Crippen LogP contribution in [0.1, 0.15) is 20.8 Å². The van der Waals surface area contributed by atoms with Crippen LogP contribution in [0.4, 0.5) is 0 Å². The SMILES string of the molecule is CC(C)(C)C1=CC(O)C=C1. The first-order chi connectivity index (χ1) is 4.50. The van der Waals surface area contributed by atoms with E-state index in [-0.39, 0.29) is 11.5 Å². The van der Waals surface area contributed by atoms with Crippen molar-refractivity contribution in [3.8, 4) is 0 Å². The van der Waals surface area contributed by atoms with Crippen molar-refractivity contribution >= 4 is 0 Å². The Morgan fingerprint density at radius 1 is 1.40 bits per heavy atom. The highest BCUT2D eigenvalue weighted by atomic mass is 16.3. The van der Waals surface area contributed by atoms with Gasteiger partial charge in [0.2, 0.25) is 0 Å². The number of allylic oxidation sites excluding steroid dienone is 2. The second-order valence-corrected chi connectivity index (χ2v) is 3.72. The molecule has 1 unspecified atom stereocenters. The van der Waals surface area contributed by atoms with Crippen molar-refractivity contribution in [1.29, 1.82) is 0 Å². The quantitative estimate of drug-likeness (QED) is 0.542. The average Bonchev–Trinajstić information content (AvgIpc) is 2.11. The fourth-order valence-electron chi connectivity index (χ4n) is 0.997. The smallest absolute Gasteiger partial charge is 0.0911 e. The lowest BCUT2D eigenvalue weighted by molar-refractivity contribution is 0.272. The third-order valence-corrected chi connectivity index (χ3v) is 1.69. The van der Waals surface area contributed by atoms with Crippen LogP contribution >= 0.6 is 0 Å². The van der Waals surface area contributed by atoms with Crippen LogP contribution in [0.5, 0.6) is 0 Å². The molecule has 0 saturated carbocycles. The molecule has 1 aliphatic rings. The first-order valence-corrected chi connectivity index (χ1v) is 3.59. The number of aliphatic hydroxyl groups excluding tert-OH is 1. The van der Waals surface area contributed by atoms with E-state index >= 15 is 0 Å². The van der Waals surface area contributed by atoms with Crippen LogP contribution in [-0.4, -0.2) is 11.2 Å². The van der Waals surface area contributed by atoms with Crippen molar-refractivity contribution in [3.05, 3.63) is 23.8 Å². The second-order valence-electron chi connectivity index (χ2n) is 3.72. The third kappa shape index (κ3) is 1.48. The zero-order valence-corrected chi connectivity index (χ0v) is 6.76. The van der Waals surface area contributed by atoms with E-state index in [4.69, 9.17) is 5.11 Å². The fraction of sp³-hybridized carbons (Fsp3) is 0.556. The molecular weight excluding hydrogens is 124 g/mol. The summed E-state index contributed by atoms with van der Waals surface area (Å²) in [5.74, 6) is 0. The number of rotatable bonds is 0. The molecule has 0 amide bonds. The van der Waals surface area contributed by atoms with Crippen LogP contribution in [0.25, 0.3) is 0 Å². The van der Waals surface area contributed by atoms with Crippen LogP contribution < -0.4 is 0 Å². The van der Waals surface area contributed by atoms with Crippen molar-refractivity contribution < 1.29 is 5.11 Å². The van der Waals surface area contributed by atoms with Gasteiger partial charge in [-0.1, -0.05) is 32.9 Å². The molecule has 0 aromatic heterocycles. The molecule has 0 aromatic rings. The van der Waals surface area contributed by atoms with Gasteiger partial charge in [0.1, 0.15) is 0 Å². The van der Waals surface area contributed by atoms with Crippen molar-refractivity contribution in [3.63, 3.8) is 0 Å². The highest BCUT2D eigenvalue weighted by Gasteiger charge is 2.18. The molecule has 1 rings (SSSR count). The Kier molecular flexibility index (Phi) is 1.69. The van der Waals surface area contributed by atoms with E-state index in [0.29, 0.717) is 0 Å². The van der Waals surface area contributed by atoms with E-state index < -0.39 is 0 Å². The van der Waals surface area contributed by atoms with Crippen molar-refractivity contribution in [2.45, 2.75) is 26.9 Å². The highest BCUT2D eigenvalue weighted by molar-refractivity contribution is 5.33. The summed E-state index contributed by atoms with van der Waals surface area (Å²) in [4.78, 5) is 0. The normalized spacial score (nSPS) is 25.2. The minimum absolute atomic E-state index is 0.175. The number of hydrogen-bond acceptors (Lipinski definition) is 1. The monoisotopic (exact) mass is 138 g/mol. The van der Waals surface area contributed by atoms with Gasteiger partial charge in [0, 0.05) is 0 Å². The lowest BCUT2D eigenvalue weighted by atomic mass is 9.87. The van der Waals surface area contributed by atoms with E-state index in [0.717, 1.165) is 0 Å². The molecule has 1 aliphatic carbocycles. The first-order valence-electron chi connectivity index (χ1n) is 3.59. The Morgan fingerprint density at radius 3 is 2.20 bits per heavy atom. The molecule has 1 heteroatoms. The summed E-state index contributed by atoms with van der Waals surface area (Å²) in [6.07, 6.45) is 5.33. The van der Waals surface area contributed by atoms with E-state index in [1.165, 1.54) is 5.57 Å². The molecule has 1 atom stereocenters. The third-order valence-electron chi connectivity index (χ3n) is 1.69. The van der Waals surface area contributed by atoms with Crippen LogP contribution in [0, 0.1) is 5.41 Å². The summed E-state index contributed by atoms with van der Waals surface area (Å²) in [7, 11) is 0. The maximum atomic E-state index is 9.10. The Balaban J connectivity index is 2.78. The lowest BCUT2D eigenvalue weighted by Crippen LogP contribution is -2.06. The molecule has 0 saturated heterocycles.